The van der Waals surface area contributed by atoms with Crippen molar-refractivity contribution in [3.8, 4) is 10.6 Å². The van der Waals surface area contributed by atoms with Crippen molar-refractivity contribution in [2.24, 2.45) is 0 Å². The van der Waals surface area contributed by atoms with Crippen molar-refractivity contribution in [3.63, 3.8) is 0 Å². The zero-order valence-corrected chi connectivity index (χ0v) is 19.4. The third kappa shape index (κ3) is 5.11. The van der Waals surface area contributed by atoms with Crippen LogP contribution in [0.3, 0.4) is 0 Å². The molecule has 2 N–H and O–H groups in total. The zero-order chi connectivity index (χ0) is 21.8. The number of carbonyl (C=O) groups excluding carboxylic acids is 2. The van der Waals surface area contributed by atoms with Gasteiger partial charge in [-0.05, 0) is 49.1 Å². The quantitative estimate of drug-likeness (QED) is 0.507. The predicted octanol–water partition coefficient (Wildman–Crippen LogP) is 5.17. The molecule has 2 aromatic carbocycles. The van der Waals surface area contributed by atoms with Crippen LogP contribution in [0, 0.1) is 0 Å². The maximum absolute atomic E-state index is 12.9. The van der Waals surface area contributed by atoms with E-state index in [0.717, 1.165) is 39.1 Å². The first-order valence-corrected chi connectivity index (χ1v) is 11.7. The van der Waals surface area contributed by atoms with Crippen molar-refractivity contribution in [3.05, 3.63) is 58.6 Å². The van der Waals surface area contributed by atoms with Gasteiger partial charge in [0.25, 0.3) is 0 Å². The van der Waals surface area contributed by atoms with E-state index in [9.17, 15) is 9.59 Å². The lowest BCUT2D eigenvalue weighted by Gasteiger charge is -2.24. The minimum atomic E-state index is -0.533. The van der Waals surface area contributed by atoms with Crippen LogP contribution in [0.15, 0.2) is 53.0 Å². The van der Waals surface area contributed by atoms with Crippen molar-refractivity contribution >= 4 is 50.0 Å². The second kappa shape index (κ2) is 9.57. The molecule has 0 radical (unpaired) electrons. The molecule has 31 heavy (non-hydrogen) atoms. The number of hydrogen-bond acceptors (Lipinski definition) is 5. The van der Waals surface area contributed by atoms with Crippen LogP contribution in [-0.4, -0.2) is 39.6 Å². The van der Waals surface area contributed by atoms with E-state index in [1.165, 1.54) is 11.3 Å². The topological polar surface area (TPSA) is 87.2 Å². The number of halogens is 1. The number of nitrogens with one attached hydrogen (secondary N) is 2. The molecular formula is C22H22BrN5O2S. The predicted molar refractivity (Wildman–Crippen MR) is 126 cm³/mol. The van der Waals surface area contributed by atoms with Gasteiger partial charge in [0, 0.05) is 22.3 Å². The average molecular weight is 500 g/mol. The van der Waals surface area contributed by atoms with Crippen LogP contribution in [-0.2, 0) is 11.2 Å². The Hall–Kier alpha value is -2.78. The van der Waals surface area contributed by atoms with Gasteiger partial charge in [-0.15, -0.1) is 10.2 Å². The van der Waals surface area contributed by atoms with Gasteiger partial charge in [-0.2, -0.15) is 0 Å². The molecule has 3 amide bonds. The molecule has 1 aromatic heterocycles. The maximum atomic E-state index is 12.9. The average Bonchev–Trinajstić information content (AvgIpc) is 3.44. The summed E-state index contributed by atoms with van der Waals surface area (Å²) in [6.07, 6.45) is 2.29. The first-order chi connectivity index (χ1) is 15.0. The van der Waals surface area contributed by atoms with Gasteiger partial charge in [-0.3, -0.25) is 10.1 Å². The minimum Gasteiger partial charge on any atom is -0.312 e. The van der Waals surface area contributed by atoms with Crippen LogP contribution >= 0.6 is 27.3 Å². The van der Waals surface area contributed by atoms with Crippen molar-refractivity contribution in [2.45, 2.75) is 32.2 Å². The molecule has 4 rings (SSSR count). The first-order valence-electron chi connectivity index (χ1n) is 10.1. The molecule has 1 aliphatic heterocycles. The summed E-state index contributed by atoms with van der Waals surface area (Å²) in [5.41, 5.74) is 2.81. The number of hydrogen-bond donors (Lipinski definition) is 2. The third-order valence-corrected chi connectivity index (χ3v) is 6.57. The van der Waals surface area contributed by atoms with Gasteiger partial charge in [0.1, 0.15) is 11.0 Å². The fourth-order valence-corrected chi connectivity index (χ4v) is 4.53. The summed E-state index contributed by atoms with van der Waals surface area (Å²) in [5.74, 6) is -0.242. The van der Waals surface area contributed by atoms with Gasteiger partial charge in [-0.1, -0.05) is 58.5 Å². The molecule has 0 bridgehead atoms. The summed E-state index contributed by atoms with van der Waals surface area (Å²) >= 11 is 4.72. The van der Waals surface area contributed by atoms with E-state index in [1.54, 1.807) is 4.90 Å². The summed E-state index contributed by atoms with van der Waals surface area (Å²) in [6.45, 7) is 2.61. The van der Waals surface area contributed by atoms with Gasteiger partial charge in [-0.25, -0.2) is 4.79 Å². The molecule has 1 unspecified atom stereocenters. The number of rotatable bonds is 5. The third-order valence-electron chi connectivity index (χ3n) is 5.15. The van der Waals surface area contributed by atoms with E-state index in [0.29, 0.717) is 18.1 Å². The number of aryl methyl sites for hydroxylation is 1. The molecule has 7 nitrogen and oxygen atoms in total. The smallest absolute Gasteiger partial charge is 0.312 e. The molecule has 1 aliphatic rings. The molecule has 0 aliphatic carbocycles. The number of carbonyl (C=O) groups is 2. The van der Waals surface area contributed by atoms with Crippen LogP contribution in [0.2, 0.25) is 0 Å². The van der Waals surface area contributed by atoms with E-state index >= 15 is 0 Å². The highest BCUT2D eigenvalue weighted by Crippen LogP contribution is 2.28. The Balaban J connectivity index is 1.41. The molecule has 1 saturated heterocycles. The summed E-state index contributed by atoms with van der Waals surface area (Å²) in [4.78, 5) is 27.3. The first kappa shape index (κ1) is 21.5. The largest absolute Gasteiger partial charge is 0.322 e. The molecule has 2 heterocycles. The van der Waals surface area contributed by atoms with Crippen molar-refractivity contribution in [1.29, 1.82) is 0 Å². The van der Waals surface area contributed by atoms with E-state index < -0.39 is 6.04 Å². The molecule has 160 valence electrons. The maximum Gasteiger partial charge on any atom is 0.322 e. The van der Waals surface area contributed by atoms with Crippen molar-refractivity contribution < 1.29 is 9.59 Å². The Morgan fingerprint density at radius 3 is 2.74 bits per heavy atom. The molecule has 1 fully saturated rings. The lowest BCUT2D eigenvalue weighted by Crippen LogP contribution is -2.45. The van der Waals surface area contributed by atoms with Crippen LogP contribution in [0.25, 0.3) is 10.6 Å². The highest BCUT2D eigenvalue weighted by atomic mass is 79.9. The Kier molecular flexibility index (Phi) is 6.62. The fourth-order valence-electron chi connectivity index (χ4n) is 3.52. The Morgan fingerprint density at radius 1 is 1.16 bits per heavy atom. The summed E-state index contributed by atoms with van der Waals surface area (Å²) in [5, 5.41) is 15.1. The van der Waals surface area contributed by atoms with Gasteiger partial charge in [0.15, 0.2) is 0 Å². The van der Waals surface area contributed by atoms with Crippen LogP contribution in [0.4, 0.5) is 15.6 Å². The van der Waals surface area contributed by atoms with E-state index in [1.807, 2.05) is 48.5 Å². The van der Waals surface area contributed by atoms with Gasteiger partial charge in [0.05, 0.1) is 0 Å². The molecule has 1 atom stereocenters. The number of nitrogens with zero attached hydrogens (tertiary/aromatic N) is 3. The normalized spacial score (nSPS) is 15.7. The summed E-state index contributed by atoms with van der Waals surface area (Å²) in [7, 11) is 0. The standard InChI is InChI=1S/C22H22BrN5O2S/c1-2-14-5-3-6-17(13-14)24-22(30)28-12-4-7-18(28)19(29)25-21-27-26-20(31-21)15-8-10-16(23)11-9-15/h3,5-6,8-11,13,18H,2,4,7,12H2,1H3,(H,24,30)(H,25,27,29). The molecule has 3 aromatic rings. The Bertz CT molecular complexity index is 1090. The lowest BCUT2D eigenvalue weighted by molar-refractivity contribution is -0.119. The van der Waals surface area contributed by atoms with Gasteiger partial charge >= 0.3 is 6.03 Å². The van der Waals surface area contributed by atoms with E-state index in [2.05, 4.69) is 43.7 Å². The van der Waals surface area contributed by atoms with Crippen molar-refractivity contribution in [2.75, 3.05) is 17.2 Å². The number of likely N-dealkylation sites (tertiary alicyclic amines) is 1. The van der Waals surface area contributed by atoms with E-state index in [-0.39, 0.29) is 11.9 Å². The minimum absolute atomic E-state index is 0.242. The monoisotopic (exact) mass is 499 g/mol. The Morgan fingerprint density at radius 2 is 1.97 bits per heavy atom. The molecule has 0 saturated carbocycles. The Labute approximate surface area is 193 Å². The SMILES string of the molecule is CCc1cccc(NC(=O)N2CCCC2C(=O)Nc2nnc(-c3ccc(Br)cc3)s2)c1. The second-order valence-electron chi connectivity index (χ2n) is 7.24. The number of anilines is 2. The number of amides is 3. The molecule has 0 spiro atoms. The number of benzene rings is 2. The summed E-state index contributed by atoms with van der Waals surface area (Å²) in [6, 6.07) is 14.7. The van der Waals surface area contributed by atoms with Crippen molar-refractivity contribution in [1.82, 2.24) is 15.1 Å². The number of urea groups is 1. The fraction of sp³-hybridized carbons (Fsp3) is 0.273. The summed E-state index contributed by atoms with van der Waals surface area (Å²) < 4.78 is 0.982. The van der Waals surface area contributed by atoms with Crippen LogP contribution in [0.1, 0.15) is 25.3 Å². The van der Waals surface area contributed by atoms with Gasteiger partial charge in [0.2, 0.25) is 11.0 Å². The molecular weight excluding hydrogens is 478 g/mol. The molecule has 9 heteroatoms. The highest BCUT2D eigenvalue weighted by molar-refractivity contribution is 9.10. The number of aromatic nitrogens is 2. The second-order valence-corrected chi connectivity index (χ2v) is 9.14. The van der Waals surface area contributed by atoms with Crippen LogP contribution in [0.5, 0.6) is 0 Å². The van der Waals surface area contributed by atoms with E-state index in [4.69, 9.17) is 0 Å². The zero-order valence-electron chi connectivity index (χ0n) is 17.0. The van der Waals surface area contributed by atoms with Crippen LogP contribution < -0.4 is 10.6 Å². The lowest BCUT2D eigenvalue weighted by atomic mass is 10.1. The van der Waals surface area contributed by atoms with Gasteiger partial charge < -0.3 is 10.2 Å². The highest BCUT2D eigenvalue weighted by Gasteiger charge is 2.34.